The number of carbonyl (C=O) groups excluding carboxylic acids is 1. The van der Waals surface area contributed by atoms with Crippen molar-refractivity contribution in [1.29, 1.82) is 0 Å². The fraction of sp³-hybridized carbons (Fsp3) is 0.350. The number of thiophene rings is 1. The van der Waals surface area contributed by atoms with Gasteiger partial charge in [0.25, 0.3) is 11.2 Å². The van der Waals surface area contributed by atoms with Crippen molar-refractivity contribution < 1.29 is 9.72 Å². The summed E-state index contributed by atoms with van der Waals surface area (Å²) in [7, 11) is 0. The van der Waals surface area contributed by atoms with Gasteiger partial charge in [-0.15, -0.1) is 11.3 Å². The Morgan fingerprint density at radius 1 is 1.29 bits per heavy atom. The molecule has 4 rings (SSSR count). The van der Waals surface area contributed by atoms with Crippen LogP contribution >= 0.6 is 11.3 Å². The Balaban J connectivity index is 1.48. The summed E-state index contributed by atoms with van der Waals surface area (Å²) in [5.41, 5.74) is 6.54. The lowest BCUT2D eigenvalue weighted by Crippen LogP contribution is -2.46. The lowest BCUT2D eigenvalue weighted by molar-refractivity contribution is -0.384. The number of nitrogens with zero attached hydrogens (tertiary/aromatic N) is 4. The van der Waals surface area contributed by atoms with Crippen molar-refractivity contribution in [1.82, 2.24) is 14.9 Å². The van der Waals surface area contributed by atoms with E-state index in [0.717, 1.165) is 15.3 Å². The lowest BCUT2D eigenvalue weighted by Gasteiger charge is -2.35. The van der Waals surface area contributed by atoms with Crippen LogP contribution in [0.5, 0.6) is 0 Å². The highest BCUT2D eigenvalue weighted by atomic mass is 32.1. The zero-order valence-electron chi connectivity index (χ0n) is 17.2. The first-order chi connectivity index (χ1) is 14.7. The van der Waals surface area contributed by atoms with Crippen molar-refractivity contribution in [3.8, 4) is 0 Å². The van der Waals surface area contributed by atoms with E-state index in [1.54, 1.807) is 6.07 Å². The molecule has 1 aliphatic rings. The highest BCUT2D eigenvalue weighted by Crippen LogP contribution is 2.30. The molecule has 162 valence electrons. The van der Waals surface area contributed by atoms with Crippen LogP contribution in [-0.4, -0.2) is 51.9 Å². The van der Waals surface area contributed by atoms with E-state index < -0.39 is 10.8 Å². The number of nitrogens with one attached hydrogen (secondary N) is 1. The maximum absolute atomic E-state index is 12.5. The summed E-state index contributed by atoms with van der Waals surface area (Å²) in [5, 5.41) is 12.1. The van der Waals surface area contributed by atoms with Gasteiger partial charge in [0.1, 0.15) is 16.3 Å². The molecule has 3 heterocycles. The first-order valence-electron chi connectivity index (χ1n) is 9.79. The number of benzene rings is 1. The second-order valence-corrected chi connectivity index (χ2v) is 8.77. The van der Waals surface area contributed by atoms with Gasteiger partial charge >= 0.3 is 0 Å². The molecule has 0 aliphatic carbocycles. The number of nitro benzene ring substituents is 1. The Morgan fingerprint density at radius 2 is 2.00 bits per heavy atom. The predicted octanol–water partition coefficient (Wildman–Crippen LogP) is 1.93. The topological polar surface area (TPSA) is 138 Å². The monoisotopic (exact) mass is 442 g/mol. The molecule has 0 atom stereocenters. The van der Waals surface area contributed by atoms with E-state index in [0.29, 0.717) is 49.6 Å². The van der Waals surface area contributed by atoms with Crippen molar-refractivity contribution >= 4 is 38.8 Å². The summed E-state index contributed by atoms with van der Waals surface area (Å²) in [5.74, 6) is -0.0851. The summed E-state index contributed by atoms with van der Waals surface area (Å²) < 4.78 is 0. The maximum Gasteiger partial charge on any atom is 0.293 e. The van der Waals surface area contributed by atoms with Gasteiger partial charge in [-0.3, -0.25) is 24.6 Å². The minimum atomic E-state index is -0.700. The molecule has 1 amide bonds. The molecular formula is C20H22N6O4S. The summed E-state index contributed by atoms with van der Waals surface area (Å²) in [6, 6.07) is 4.30. The number of aromatic amines is 1. The number of fused-ring (bicyclic) bond motifs is 1. The van der Waals surface area contributed by atoms with Crippen molar-refractivity contribution in [3.63, 3.8) is 0 Å². The Labute approximate surface area is 181 Å². The molecule has 1 aromatic carbocycles. The molecule has 11 heteroatoms. The quantitative estimate of drug-likeness (QED) is 0.455. The van der Waals surface area contributed by atoms with Crippen LogP contribution in [0.2, 0.25) is 0 Å². The standard InChI is InChI=1S/C20H22N6O4S/c1-11-12(2)31-20-17(11)19(28)22-16(23-20)10-24-5-7-25(8-6-24)14-4-3-13(18(21)27)9-15(14)26(29)30/h3-4,9H,5-8,10H2,1-2H3,(H2,21,27)(H,22,23,28). The highest BCUT2D eigenvalue weighted by molar-refractivity contribution is 7.18. The van der Waals surface area contributed by atoms with Gasteiger partial charge in [0, 0.05) is 42.7 Å². The van der Waals surface area contributed by atoms with Gasteiger partial charge in [-0.25, -0.2) is 4.98 Å². The molecule has 3 aromatic rings. The Morgan fingerprint density at radius 3 is 2.65 bits per heavy atom. The van der Waals surface area contributed by atoms with Crippen LogP contribution in [-0.2, 0) is 6.54 Å². The van der Waals surface area contributed by atoms with Gasteiger partial charge in [0.05, 0.1) is 16.9 Å². The number of carbonyl (C=O) groups is 1. The first-order valence-corrected chi connectivity index (χ1v) is 10.6. The molecule has 0 unspecified atom stereocenters. The minimum Gasteiger partial charge on any atom is -0.366 e. The van der Waals surface area contributed by atoms with Gasteiger partial charge < -0.3 is 15.6 Å². The van der Waals surface area contributed by atoms with Gasteiger partial charge in [-0.05, 0) is 31.5 Å². The molecule has 1 fully saturated rings. The zero-order chi connectivity index (χ0) is 22.3. The molecule has 10 nitrogen and oxygen atoms in total. The summed E-state index contributed by atoms with van der Waals surface area (Å²) in [6.07, 6.45) is 0. The largest absolute Gasteiger partial charge is 0.366 e. The molecule has 1 aliphatic heterocycles. The van der Waals surface area contributed by atoms with Crippen LogP contribution in [0.1, 0.15) is 26.6 Å². The molecule has 2 aromatic heterocycles. The number of aromatic nitrogens is 2. The minimum absolute atomic E-state index is 0.110. The third-order valence-corrected chi connectivity index (χ3v) is 6.73. The zero-order valence-corrected chi connectivity index (χ0v) is 18.0. The van der Waals surface area contributed by atoms with Crippen LogP contribution in [0.3, 0.4) is 0 Å². The molecule has 0 bridgehead atoms. The van der Waals surface area contributed by atoms with E-state index in [1.165, 1.54) is 23.5 Å². The van der Waals surface area contributed by atoms with E-state index in [1.807, 2.05) is 18.7 Å². The molecule has 31 heavy (non-hydrogen) atoms. The number of piperazine rings is 1. The summed E-state index contributed by atoms with van der Waals surface area (Å²) in [6.45, 7) is 6.85. The number of nitrogens with two attached hydrogens (primary N) is 1. The normalized spacial score (nSPS) is 14.8. The van der Waals surface area contributed by atoms with Crippen molar-refractivity contribution in [2.75, 3.05) is 31.1 Å². The Bertz CT molecular complexity index is 1240. The number of primary amides is 1. The molecule has 1 saturated heterocycles. The SMILES string of the molecule is Cc1sc2nc(CN3CCN(c4ccc(C(N)=O)cc4[N+](=O)[O-])CC3)[nH]c(=O)c2c1C. The number of amides is 1. The average molecular weight is 443 g/mol. The third-order valence-electron chi connectivity index (χ3n) is 5.63. The number of anilines is 1. The molecular weight excluding hydrogens is 420 g/mol. The number of nitro groups is 1. The van der Waals surface area contributed by atoms with Crippen LogP contribution in [0.4, 0.5) is 11.4 Å². The Kier molecular flexibility index (Phi) is 5.46. The number of H-pyrrole nitrogens is 1. The first kappa shape index (κ1) is 20.9. The second kappa shape index (κ2) is 8.08. The molecule has 0 radical (unpaired) electrons. The fourth-order valence-electron chi connectivity index (χ4n) is 3.82. The Hall–Kier alpha value is -3.31. The van der Waals surface area contributed by atoms with E-state index in [4.69, 9.17) is 5.73 Å². The highest BCUT2D eigenvalue weighted by Gasteiger charge is 2.25. The van der Waals surface area contributed by atoms with Gasteiger partial charge in [0.2, 0.25) is 5.91 Å². The summed E-state index contributed by atoms with van der Waals surface area (Å²) >= 11 is 1.52. The van der Waals surface area contributed by atoms with Gasteiger partial charge in [-0.2, -0.15) is 0 Å². The van der Waals surface area contributed by atoms with Crippen molar-refractivity contribution in [3.05, 3.63) is 60.5 Å². The van der Waals surface area contributed by atoms with Crippen molar-refractivity contribution in [2.45, 2.75) is 20.4 Å². The number of aryl methyl sites for hydroxylation is 2. The maximum atomic E-state index is 12.5. The van der Waals surface area contributed by atoms with Crippen LogP contribution in [0.15, 0.2) is 23.0 Å². The average Bonchev–Trinajstić information content (AvgIpc) is 3.02. The van der Waals surface area contributed by atoms with E-state index in [-0.39, 0.29) is 16.8 Å². The van der Waals surface area contributed by atoms with Crippen LogP contribution in [0.25, 0.3) is 10.2 Å². The fourth-order valence-corrected chi connectivity index (χ4v) is 4.87. The molecule has 0 saturated carbocycles. The smallest absolute Gasteiger partial charge is 0.293 e. The van der Waals surface area contributed by atoms with Gasteiger partial charge in [0.15, 0.2) is 0 Å². The second-order valence-electron chi connectivity index (χ2n) is 7.56. The third kappa shape index (κ3) is 4.01. The van der Waals surface area contributed by atoms with E-state index >= 15 is 0 Å². The predicted molar refractivity (Wildman–Crippen MR) is 119 cm³/mol. The number of rotatable bonds is 5. The van der Waals surface area contributed by atoms with E-state index in [9.17, 15) is 19.7 Å². The number of hydrogen-bond donors (Lipinski definition) is 2. The molecule has 3 N–H and O–H groups in total. The van der Waals surface area contributed by atoms with Crippen LogP contribution < -0.4 is 16.2 Å². The van der Waals surface area contributed by atoms with E-state index in [2.05, 4.69) is 14.9 Å². The molecule has 0 spiro atoms. The summed E-state index contributed by atoms with van der Waals surface area (Å²) in [4.78, 5) is 48.2. The number of hydrogen-bond acceptors (Lipinski definition) is 8. The van der Waals surface area contributed by atoms with Crippen molar-refractivity contribution in [2.24, 2.45) is 5.73 Å². The lowest BCUT2D eigenvalue weighted by atomic mass is 10.1. The van der Waals surface area contributed by atoms with Gasteiger partial charge in [-0.1, -0.05) is 0 Å². The van der Waals surface area contributed by atoms with Crippen LogP contribution in [0, 0.1) is 24.0 Å².